The van der Waals surface area contributed by atoms with Crippen LogP contribution in [0.3, 0.4) is 0 Å². The molecular weight excluding hydrogens is 454 g/mol. The van der Waals surface area contributed by atoms with E-state index >= 15 is 0 Å². The van der Waals surface area contributed by atoms with Gasteiger partial charge in [-0.15, -0.1) is 0 Å². The number of rotatable bonds is 10. The maximum atomic E-state index is 13.4. The van der Waals surface area contributed by atoms with Gasteiger partial charge in [0.05, 0.1) is 0 Å². The average molecular weight is 490 g/mol. The predicted octanol–water partition coefficient (Wildman–Crippen LogP) is 4.55. The number of ether oxygens (including phenoxy) is 1. The van der Waals surface area contributed by atoms with E-state index in [2.05, 4.69) is 31.2 Å². The van der Waals surface area contributed by atoms with Crippen molar-refractivity contribution >= 4 is 22.6 Å². The molecule has 1 heterocycles. The minimum atomic E-state index is -0.570. The molecule has 36 heavy (non-hydrogen) atoms. The number of nitrogens with zero attached hydrogens (tertiary/aromatic N) is 2. The lowest BCUT2D eigenvalue weighted by atomic mass is 10.0. The van der Waals surface area contributed by atoms with E-state index in [1.807, 2.05) is 36.1 Å². The molecule has 7 heteroatoms. The first-order chi connectivity index (χ1) is 17.5. The lowest BCUT2D eigenvalue weighted by Gasteiger charge is -2.31. The van der Waals surface area contributed by atoms with Gasteiger partial charge in [-0.2, -0.15) is 0 Å². The Balaban J connectivity index is 1.45. The summed E-state index contributed by atoms with van der Waals surface area (Å²) < 4.78 is 6.09. The van der Waals surface area contributed by atoms with E-state index in [0.29, 0.717) is 24.5 Å². The fourth-order valence-electron chi connectivity index (χ4n) is 4.91. The van der Waals surface area contributed by atoms with Gasteiger partial charge in [0.1, 0.15) is 18.4 Å². The molecule has 4 rings (SSSR count). The van der Waals surface area contributed by atoms with Crippen molar-refractivity contribution in [3.63, 3.8) is 0 Å². The molecule has 190 valence electrons. The topological polar surface area (TPSA) is 82.1 Å². The average Bonchev–Trinajstić information content (AvgIpc) is 3.44. The predicted molar refractivity (Wildman–Crippen MR) is 140 cm³/mol. The molecule has 3 aromatic carbocycles. The summed E-state index contributed by atoms with van der Waals surface area (Å²) in [5.74, 6) is 0.0806. The molecule has 1 aliphatic rings. The monoisotopic (exact) mass is 489 g/mol. The van der Waals surface area contributed by atoms with E-state index in [-0.39, 0.29) is 12.5 Å². The molecule has 2 N–H and O–H groups in total. The quantitative estimate of drug-likeness (QED) is 0.323. The van der Waals surface area contributed by atoms with Gasteiger partial charge in [-0.05, 0) is 79.9 Å². The van der Waals surface area contributed by atoms with Crippen LogP contribution in [0, 0.1) is 6.92 Å². The van der Waals surface area contributed by atoms with Crippen molar-refractivity contribution in [3.05, 3.63) is 77.4 Å². The highest BCUT2D eigenvalue weighted by atomic mass is 16.5. The van der Waals surface area contributed by atoms with Crippen molar-refractivity contribution in [3.8, 4) is 5.75 Å². The summed E-state index contributed by atoms with van der Waals surface area (Å²) >= 11 is 0. The van der Waals surface area contributed by atoms with E-state index in [1.165, 1.54) is 16.3 Å². The van der Waals surface area contributed by atoms with Gasteiger partial charge in [-0.25, -0.2) is 5.48 Å². The third kappa shape index (κ3) is 5.86. The van der Waals surface area contributed by atoms with Crippen LogP contribution >= 0.6 is 0 Å². The van der Waals surface area contributed by atoms with Gasteiger partial charge < -0.3 is 9.64 Å². The zero-order chi connectivity index (χ0) is 25.5. The number of hydrogen-bond donors (Lipinski definition) is 2. The summed E-state index contributed by atoms with van der Waals surface area (Å²) in [5, 5.41) is 11.6. The van der Waals surface area contributed by atoms with E-state index < -0.39 is 11.9 Å². The number of nitrogens with one attached hydrogen (secondary N) is 1. The SMILES string of the molecule is CCCN(C[C@@H](C(=O)NO)N1CCCC1)C(=O)c1ccc(OCc2c(C)ccc3ccccc23)cc1. The van der Waals surface area contributed by atoms with Gasteiger partial charge in [-0.1, -0.05) is 43.3 Å². The summed E-state index contributed by atoms with van der Waals surface area (Å²) in [6.45, 7) is 6.86. The van der Waals surface area contributed by atoms with Gasteiger partial charge >= 0.3 is 0 Å². The Kier molecular flexibility index (Phi) is 8.57. The fourth-order valence-corrected chi connectivity index (χ4v) is 4.91. The highest BCUT2D eigenvalue weighted by Crippen LogP contribution is 2.24. The summed E-state index contributed by atoms with van der Waals surface area (Å²) in [5.41, 5.74) is 4.65. The van der Waals surface area contributed by atoms with E-state index in [0.717, 1.165) is 37.9 Å². The van der Waals surface area contributed by atoms with Crippen LogP contribution in [0.4, 0.5) is 0 Å². The first-order valence-electron chi connectivity index (χ1n) is 12.7. The van der Waals surface area contributed by atoms with Crippen LogP contribution in [0.2, 0.25) is 0 Å². The van der Waals surface area contributed by atoms with Crippen LogP contribution in [-0.2, 0) is 11.4 Å². The number of likely N-dealkylation sites (tertiary alicyclic amines) is 1. The molecule has 0 radical (unpaired) electrons. The van der Waals surface area contributed by atoms with Crippen LogP contribution in [0.5, 0.6) is 5.75 Å². The number of amides is 2. The molecule has 0 saturated carbocycles. The van der Waals surface area contributed by atoms with Gasteiger partial charge in [0.2, 0.25) is 0 Å². The second-order valence-electron chi connectivity index (χ2n) is 9.38. The minimum Gasteiger partial charge on any atom is -0.489 e. The van der Waals surface area contributed by atoms with E-state index in [4.69, 9.17) is 4.74 Å². The van der Waals surface area contributed by atoms with Crippen LogP contribution in [-0.4, -0.2) is 59.0 Å². The molecule has 0 aliphatic carbocycles. The molecule has 0 aromatic heterocycles. The standard InChI is InChI=1S/C29H35N3O4/c1-3-16-32(19-27(28(33)30-35)31-17-6-7-18-31)29(34)23-12-14-24(15-13-23)36-20-26-21(2)10-11-22-8-4-5-9-25(22)26/h4-5,8-15,27,35H,3,6-7,16-20H2,1-2H3,(H,30,33)/t27-/m0/s1. The number of fused-ring (bicyclic) bond motifs is 1. The molecule has 2 amide bonds. The zero-order valence-corrected chi connectivity index (χ0v) is 21.1. The van der Waals surface area contributed by atoms with Crippen molar-refractivity contribution in [2.24, 2.45) is 0 Å². The molecule has 0 unspecified atom stereocenters. The zero-order valence-electron chi connectivity index (χ0n) is 21.1. The molecule has 1 saturated heterocycles. The summed E-state index contributed by atoms with van der Waals surface area (Å²) in [6.07, 6.45) is 2.79. The Morgan fingerprint density at radius 2 is 1.78 bits per heavy atom. The smallest absolute Gasteiger partial charge is 0.262 e. The van der Waals surface area contributed by atoms with Crippen molar-refractivity contribution < 1.29 is 19.5 Å². The molecule has 1 atom stereocenters. The largest absolute Gasteiger partial charge is 0.489 e. The maximum absolute atomic E-state index is 13.4. The lowest BCUT2D eigenvalue weighted by molar-refractivity contribution is -0.135. The third-order valence-corrected chi connectivity index (χ3v) is 6.93. The molecular formula is C29H35N3O4. The van der Waals surface area contributed by atoms with Crippen LogP contribution in [0.25, 0.3) is 10.8 Å². The highest BCUT2D eigenvalue weighted by molar-refractivity contribution is 5.95. The Morgan fingerprint density at radius 3 is 2.47 bits per heavy atom. The van der Waals surface area contributed by atoms with Gasteiger partial charge in [-0.3, -0.25) is 19.7 Å². The maximum Gasteiger partial charge on any atom is 0.262 e. The number of carbonyl (C=O) groups excluding carboxylic acids is 2. The fraction of sp³-hybridized carbons (Fsp3) is 0.379. The van der Waals surface area contributed by atoms with Gasteiger partial charge in [0.25, 0.3) is 11.8 Å². The Labute approximate surface area is 212 Å². The van der Waals surface area contributed by atoms with E-state index in [1.54, 1.807) is 22.5 Å². The van der Waals surface area contributed by atoms with Crippen LogP contribution in [0.1, 0.15) is 47.7 Å². The number of benzene rings is 3. The molecule has 7 nitrogen and oxygen atoms in total. The first-order valence-corrected chi connectivity index (χ1v) is 12.7. The van der Waals surface area contributed by atoms with Crippen molar-refractivity contribution in [1.82, 2.24) is 15.3 Å². The van der Waals surface area contributed by atoms with Crippen molar-refractivity contribution in [1.29, 1.82) is 0 Å². The molecule has 1 aliphatic heterocycles. The number of hydrogen-bond acceptors (Lipinski definition) is 5. The van der Waals surface area contributed by atoms with Crippen molar-refractivity contribution in [2.45, 2.75) is 45.8 Å². The molecule has 0 bridgehead atoms. The molecule has 1 fully saturated rings. The van der Waals surface area contributed by atoms with Gasteiger partial charge in [0, 0.05) is 24.2 Å². The van der Waals surface area contributed by atoms with Crippen LogP contribution in [0.15, 0.2) is 60.7 Å². The van der Waals surface area contributed by atoms with Crippen molar-refractivity contribution in [2.75, 3.05) is 26.2 Å². The Bertz CT molecular complexity index is 1190. The number of carbonyl (C=O) groups is 2. The first kappa shape index (κ1) is 25.7. The Morgan fingerprint density at radius 1 is 1.06 bits per heavy atom. The van der Waals surface area contributed by atoms with Crippen LogP contribution < -0.4 is 10.2 Å². The summed E-state index contributed by atoms with van der Waals surface area (Å²) in [7, 11) is 0. The lowest BCUT2D eigenvalue weighted by Crippen LogP contribution is -2.52. The highest BCUT2D eigenvalue weighted by Gasteiger charge is 2.31. The number of hydroxylamine groups is 1. The van der Waals surface area contributed by atoms with Gasteiger partial charge in [0.15, 0.2) is 0 Å². The van der Waals surface area contributed by atoms with E-state index in [9.17, 15) is 14.8 Å². The minimum absolute atomic E-state index is 0.136. The molecule has 3 aromatic rings. The second kappa shape index (κ2) is 12.0. The summed E-state index contributed by atoms with van der Waals surface area (Å²) in [4.78, 5) is 29.5. The summed E-state index contributed by atoms with van der Waals surface area (Å²) in [6, 6.07) is 19.1. The molecule has 0 spiro atoms. The third-order valence-electron chi connectivity index (χ3n) is 6.93. The normalized spacial score (nSPS) is 14.5. The Hall–Kier alpha value is -3.42. The second-order valence-corrected chi connectivity index (χ2v) is 9.38. The number of aryl methyl sites for hydroxylation is 1.